The molecule has 0 aromatic heterocycles. The van der Waals surface area contributed by atoms with E-state index in [-0.39, 0.29) is 30.3 Å². The number of aromatic hydroxyl groups is 1. The standard InChI is InChI=1S/C23H23FN2O4/c1-28-16-6-4-7-18(11-16)30-22-13-25-26-23(22)19-10-9-17(12-21(19)27)29-14-15-5-2-3-8-20(15)24/h2-12,22-23,25-27H,13-14H2,1H3. The maximum absolute atomic E-state index is 13.7. The number of nitrogens with one attached hydrogen (secondary N) is 2. The zero-order chi connectivity index (χ0) is 20.9. The van der Waals surface area contributed by atoms with Gasteiger partial charge in [-0.1, -0.05) is 24.3 Å². The average molecular weight is 410 g/mol. The van der Waals surface area contributed by atoms with Crippen molar-refractivity contribution < 1.29 is 23.7 Å². The highest BCUT2D eigenvalue weighted by atomic mass is 19.1. The van der Waals surface area contributed by atoms with Crippen LogP contribution in [0.2, 0.25) is 0 Å². The third kappa shape index (κ3) is 4.48. The number of rotatable bonds is 7. The van der Waals surface area contributed by atoms with Crippen molar-refractivity contribution in [3.63, 3.8) is 0 Å². The van der Waals surface area contributed by atoms with Crippen LogP contribution in [0.3, 0.4) is 0 Å². The van der Waals surface area contributed by atoms with Crippen molar-refractivity contribution in [2.45, 2.75) is 18.8 Å². The summed E-state index contributed by atoms with van der Waals surface area (Å²) >= 11 is 0. The molecule has 0 bridgehead atoms. The molecule has 0 spiro atoms. The van der Waals surface area contributed by atoms with Gasteiger partial charge in [0.05, 0.1) is 13.2 Å². The molecular weight excluding hydrogens is 387 g/mol. The number of benzene rings is 3. The van der Waals surface area contributed by atoms with Gasteiger partial charge in [0.25, 0.3) is 0 Å². The van der Waals surface area contributed by atoms with Gasteiger partial charge in [0.1, 0.15) is 41.5 Å². The molecule has 156 valence electrons. The molecule has 3 aromatic rings. The first kappa shape index (κ1) is 20.0. The molecule has 7 heteroatoms. The highest BCUT2D eigenvalue weighted by Gasteiger charge is 2.32. The zero-order valence-corrected chi connectivity index (χ0v) is 16.5. The predicted molar refractivity (Wildman–Crippen MR) is 110 cm³/mol. The van der Waals surface area contributed by atoms with E-state index in [1.54, 1.807) is 37.4 Å². The average Bonchev–Trinajstić information content (AvgIpc) is 3.21. The van der Waals surface area contributed by atoms with E-state index in [1.807, 2.05) is 24.3 Å². The second kappa shape index (κ2) is 9.02. The number of phenolic OH excluding ortho intramolecular Hbond substituents is 1. The summed E-state index contributed by atoms with van der Waals surface area (Å²) in [6.07, 6.45) is -0.242. The Kier molecular flexibility index (Phi) is 6.02. The van der Waals surface area contributed by atoms with Gasteiger partial charge in [0.15, 0.2) is 0 Å². The van der Waals surface area contributed by atoms with E-state index < -0.39 is 0 Å². The molecule has 0 saturated carbocycles. The highest BCUT2D eigenvalue weighted by Crippen LogP contribution is 2.33. The number of hydrazine groups is 1. The van der Waals surface area contributed by atoms with Crippen molar-refractivity contribution in [1.29, 1.82) is 0 Å². The Morgan fingerprint density at radius 1 is 1.00 bits per heavy atom. The quantitative estimate of drug-likeness (QED) is 0.552. The van der Waals surface area contributed by atoms with Crippen LogP contribution in [0.5, 0.6) is 23.0 Å². The number of hydrogen-bond donors (Lipinski definition) is 3. The Hall–Kier alpha value is -3.29. The summed E-state index contributed by atoms with van der Waals surface area (Å²) in [7, 11) is 1.61. The summed E-state index contributed by atoms with van der Waals surface area (Å²) in [4.78, 5) is 0. The fourth-order valence-electron chi connectivity index (χ4n) is 3.37. The molecular formula is C23H23FN2O4. The molecule has 1 aliphatic heterocycles. The van der Waals surface area contributed by atoms with Crippen molar-refractivity contribution in [3.05, 3.63) is 83.7 Å². The fraction of sp³-hybridized carbons (Fsp3) is 0.217. The Bertz CT molecular complexity index is 1010. The number of halogens is 1. The first-order valence-electron chi connectivity index (χ1n) is 9.62. The predicted octanol–water partition coefficient (Wildman–Crippen LogP) is 3.72. The van der Waals surface area contributed by atoms with Gasteiger partial charge in [-0.15, -0.1) is 0 Å². The second-order valence-electron chi connectivity index (χ2n) is 6.94. The van der Waals surface area contributed by atoms with Crippen LogP contribution in [0.15, 0.2) is 66.7 Å². The van der Waals surface area contributed by atoms with Gasteiger partial charge in [0.2, 0.25) is 0 Å². The van der Waals surface area contributed by atoms with Gasteiger partial charge in [-0.2, -0.15) is 0 Å². The number of phenols is 1. The summed E-state index contributed by atoms with van der Waals surface area (Å²) in [6, 6.07) is 18.6. The molecule has 2 atom stereocenters. The van der Waals surface area contributed by atoms with Crippen LogP contribution < -0.4 is 25.1 Å². The highest BCUT2D eigenvalue weighted by molar-refractivity contribution is 5.43. The normalized spacial score (nSPS) is 18.2. The van der Waals surface area contributed by atoms with Crippen LogP contribution in [0, 0.1) is 5.82 Å². The molecule has 6 nitrogen and oxygen atoms in total. The maximum atomic E-state index is 13.7. The molecule has 1 heterocycles. The molecule has 3 aromatic carbocycles. The second-order valence-corrected chi connectivity index (χ2v) is 6.94. The summed E-state index contributed by atoms with van der Waals surface area (Å²) in [5.74, 6) is 1.59. The van der Waals surface area contributed by atoms with E-state index in [0.29, 0.717) is 34.9 Å². The van der Waals surface area contributed by atoms with Gasteiger partial charge < -0.3 is 19.3 Å². The van der Waals surface area contributed by atoms with Crippen molar-refractivity contribution in [1.82, 2.24) is 10.9 Å². The lowest BCUT2D eigenvalue weighted by Crippen LogP contribution is -2.28. The number of hydrogen-bond acceptors (Lipinski definition) is 6. The SMILES string of the molecule is COc1cccc(OC2CNNC2c2ccc(OCc3ccccc3F)cc2O)c1. The fourth-order valence-corrected chi connectivity index (χ4v) is 3.37. The maximum Gasteiger partial charge on any atom is 0.133 e. The van der Waals surface area contributed by atoms with Gasteiger partial charge in [0, 0.05) is 29.8 Å². The summed E-state index contributed by atoms with van der Waals surface area (Å²) in [5, 5.41) is 10.6. The molecule has 3 N–H and O–H groups in total. The molecule has 0 amide bonds. The third-order valence-electron chi connectivity index (χ3n) is 4.95. The van der Waals surface area contributed by atoms with Crippen LogP contribution in [-0.2, 0) is 6.61 Å². The molecule has 2 unspecified atom stereocenters. The lowest BCUT2D eigenvalue weighted by molar-refractivity contribution is 0.195. The smallest absolute Gasteiger partial charge is 0.133 e. The Labute approximate surface area is 174 Å². The molecule has 30 heavy (non-hydrogen) atoms. The first-order chi connectivity index (χ1) is 14.6. The Morgan fingerprint density at radius 3 is 2.63 bits per heavy atom. The number of ether oxygens (including phenoxy) is 3. The van der Waals surface area contributed by atoms with E-state index in [0.717, 1.165) is 0 Å². The molecule has 4 rings (SSSR count). The van der Waals surface area contributed by atoms with Crippen molar-refractivity contribution >= 4 is 0 Å². The minimum Gasteiger partial charge on any atom is -0.507 e. The molecule has 1 fully saturated rings. The Balaban J connectivity index is 1.45. The van der Waals surface area contributed by atoms with E-state index >= 15 is 0 Å². The van der Waals surface area contributed by atoms with Crippen LogP contribution in [0.25, 0.3) is 0 Å². The van der Waals surface area contributed by atoms with E-state index in [4.69, 9.17) is 14.2 Å². The summed E-state index contributed by atoms with van der Waals surface area (Å²) < 4.78 is 30.7. The summed E-state index contributed by atoms with van der Waals surface area (Å²) in [5.41, 5.74) is 7.34. The molecule has 1 saturated heterocycles. The first-order valence-corrected chi connectivity index (χ1v) is 9.62. The number of methoxy groups -OCH3 is 1. The third-order valence-corrected chi connectivity index (χ3v) is 4.95. The minimum atomic E-state index is -0.322. The Morgan fingerprint density at radius 2 is 1.83 bits per heavy atom. The van der Waals surface area contributed by atoms with Crippen LogP contribution >= 0.6 is 0 Å². The lowest BCUT2D eigenvalue weighted by Gasteiger charge is -2.21. The minimum absolute atomic E-state index is 0.0708. The van der Waals surface area contributed by atoms with Crippen LogP contribution in [0.4, 0.5) is 4.39 Å². The lowest BCUT2D eigenvalue weighted by atomic mass is 10.0. The van der Waals surface area contributed by atoms with Crippen molar-refractivity contribution in [2.24, 2.45) is 0 Å². The summed E-state index contributed by atoms with van der Waals surface area (Å²) in [6.45, 7) is 0.642. The molecule has 0 aliphatic carbocycles. The van der Waals surface area contributed by atoms with E-state index in [9.17, 15) is 9.50 Å². The monoisotopic (exact) mass is 410 g/mol. The van der Waals surface area contributed by atoms with Crippen molar-refractivity contribution in [2.75, 3.05) is 13.7 Å². The van der Waals surface area contributed by atoms with Gasteiger partial charge in [-0.25, -0.2) is 9.82 Å². The van der Waals surface area contributed by atoms with E-state index in [1.165, 1.54) is 12.1 Å². The largest absolute Gasteiger partial charge is 0.507 e. The zero-order valence-electron chi connectivity index (χ0n) is 16.5. The van der Waals surface area contributed by atoms with Crippen LogP contribution in [0.1, 0.15) is 17.2 Å². The van der Waals surface area contributed by atoms with Gasteiger partial charge >= 0.3 is 0 Å². The topological polar surface area (TPSA) is 72.0 Å². The van der Waals surface area contributed by atoms with Crippen LogP contribution in [-0.4, -0.2) is 24.9 Å². The van der Waals surface area contributed by atoms with Gasteiger partial charge in [-0.3, -0.25) is 5.43 Å². The molecule has 1 aliphatic rings. The van der Waals surface area contributed by atoms with Gasteiger partial charge in [-0.05, 0) is 30.3 Å². The van der Waals surface area contributed by atoms with E-state index in [2.05, 4.69) is 10.9 Å². The van der Waals surface area contributed by atoms with Crippen molar-refractivity contribution in [3.8, 4) is 23.0 Å². The molecule has 0 radical (unpaired) electrons.